The number of unbranched alkanes of at least 4 members (excludes halogenated alkanes) is 1. The van der Waals surface area contributed by atoms with E-state index in [1.54, 1.807) is 11.9 Å². The van der Waals surface area contributed by atoms with Crippen LogP contribution in [0.2, 0.25) is 0 Å². The molecular weight excluding hydrogens is 288 g/mol. The average Bonchev–Trinajstić information content (AvgIpc) is 2.47. The van der Waals surface area contributed by atoms with Crippen molar-refractivity contribution in [3.63, 3.8) is 0 Å². The SMILES string of the molecule is CCCCn1c(O)c(C(C)=NN2CCOCC2)c(=O)[nH]c1=O. The van der Waals surface area contributed by atoms with Crippen LogP contribution < -0.4 is 11.2 Å². The monoisotopic (exact) mass is 310 g/mol. The summed E-state index contributed by atoms with van der Waals surface area (Å²) in [6.07, 6.45) is 1.61. The predicted octanol–water partition coefficient (Wildman–Crippen LogP) is 0.0985. The van der Waals surface area contributed by atoms with Gasteiger partial charge in [-0.25, -0.2) is 4.79 Å². The molecule has 0 aromatic carbocycles. The van der Waals surface area contributed by atoms with Crippen LogP contribution >= 0.6 is 0 Å². The predicted molar refractivity (Wildman–Crippen MR) is 82.5 cm³/mol. The number of ether oxygens (including phenoxy) is 1. The number of aromatic hydroxyl groups is 1. The van der Waals surface area contributed by atoms with Crippen molar-refractivity contribution in [1.82, 2.24) is 14.6 Å². The fourth-order valence-corrected chi connectivity index (χ4v) is 2.33. The van der Waals surface area contributed by atoms with E-state index in [4.69, 9.17) is 4.74 Å². The number of hydrogen-bond acceptors (Lipinski definition) is 6. The summed E-state index contributed by atoms with van der Waals surface area (Å²) in [7, 11) is 0. The topological polar surface area (TPSA) is 99.9 Å². The minimum atomic E-state index is -0.621. The summed E-state index contributed by atoms with van der Waals surface area (Å²) in [6.45, 7) is 6.41. The summed E-state index contributed by atoms with van der Waals surface area (Å²) >= 11 is 0. The van der Waals surface area contributed by atoms with Gasteiger partial charge in [0.2, 0.25) is 5.88 Å². The minimum Gasteiger partial charge on any atom is -0.494 e. The van der Waals surface area contributed by atoms with Crippen molar-refractivity contribution in [2.75, 3.05) is 26.3 Å². The zero-order valence-corrected chi connectivity index (χ0v) is 13.0. The molecule has 1 fully saturated rings. The van der Waals surface area contributed by atoms with E-state index >= 15 is 0 Å². The van der Waals surface area contributed by atoms with Gasteiger partial charge in [0.25, 0.3) is 5.56 Å². The second-order valence-corrected chi connectivity index (χ2v) is 5.21. The number of nitrogens with zero attached hydrogens (tertiary/aromatic N) is 3. The van der Waals surface area contributed by atoms with E-state index in [1.807, 2.05) is 6.92 Å². The van der Waals surface area contributed by atoms with E-state index in [9.17, 15) is 14.7 Å². The van der Waals surface area contributed by atoms with E-state index in [0.717, 1.165) is 12.8 Å². The van der Waals surface area contributed by atoms with E-state index in [2.05, 4.69) is 10.1 Å². The van der Waals surface area contributed by atoms with Crippen molar-refractivity contribution in [1.29, 1.82) is 0 Å². The molecule has 0 spiro atoms. The van der Waals surface area contributed by atoms with Crippen LogP contribution in [0.25, 0.3) is 0 Å². The molecule has 0 radical (unpaired) electrons. The molecule has 122 valence electrons. The van der Waals surface area contributed by atoms with E-state index in [0.29, 0.717) is 38.6 Å². The number of hydrazone groups is 1. The number of aromatic amines is 1. The van der Waals surface area contributed by atoms with Gasteiger partial charge in [-0.3, -0.25) is 19.4 Å². The van der Waals surface area contributed by atoms with E-state index in [1.165, 1.54) is 4.57 Å². The largest absolute Gasteiger partial charge is 0.494 e. The van der Waals surface area contributed by atoms with Crippen molar-refractivity contribution in [3.8, 4) is 5.88 Å². The van der Waals surface area contributed by atoms with Crippen molar-refractivity contribution in [2.45, 2.75) is 33.2 Å². The lowest BCUT2D eigenvalue weighted by Gasteiger charge is -2.24. The maximum absolute atomic E-state index is 12.0. The molecular formula is C14H22N4O4. The lowest BCUT2D eigenvalue weighted by Crippen LogP contribution is -2.36. The average molecular weight is 310 g/mol. The quantitative estimate of drug-likeness (QED) is 0.751. The van der Waals surface area contributed by atoms with Crippen molar-refractivity contribution < 1.29 is 9.84 Å². The Kier molecular flexibility index (Phi) is 5.37. The molecule has 0 saturated carbocycles. The lowest BCUT2D eigenvalue weighted by molar-refractivity contribution is 0.0393. The van der Waals surface area contributed by atoms with Gasteiger partial charge in [0.15, 0.2) is 0 Å². The number of morpholine rings is 1. The van der Waals surface area contributed by atoms with Gasteiger partial charge < -0.3 is 9.84 Å². The van der Waals surface area contributed by atoms with Crippen molar-refractivity contribution in [3.05, 3.63) is 26.4 Å². The van der Waals surface area contributed by atoms with Crippen LogP contribution in [0.5, 0.6) is 5.88 Å². The molecule has 0 amide bonds. The molecule has 1 aromatic rings. The van der Waals surface area contributed by atoms with Crippen molar-refractivity contribution >= 4 is 5.71 Å². The summed E-state index contributed by atoms with van der Waals surface area (Å²) in [6, 6.07) is 0. The Morgan fingerprint density at radius 1 is 1.36 bits per heavy atom. The molecule has 0 bridgehead atoms. The fraction of sp³-hybridized carbons (Fsp3) is 0.643. The van der Waals surface area contributed by atoms with E-state index < -0.39 is 11.2 Å². The first-order chi connectivity index (χ1) is 10.5. The standard InChI is InChI=1S/C14H22N4O4/c1-3-4-5-18-13(20)11(12(19)15-14(18)21)10(2)16-17-6-8-22-9-7-17/h20H,3-9H2,1-2H3,(H,15,19,21). The Bertz CT molecular complexity index is 656. The van der Waals surface area contributed by atoms with Crippen LogP contribution in [0, 0.1) is 0 Å². The van der Waals surface area contributed by atoms with Gasteiger partial charge in [-0.1, -0.05) is 13.3 Å². The maximum atomic E-state index is 12.0. The molecule has 2 heterocycles. The van der Waals surface area contributed by atoms with Gasteiger partial charge in [0.1, 0.15) is 5.56 Å². The molecule has 0 aliphatic carbocycles. The van der Waals surface area contributed by atoms with Crippen LogP contribution in [-0.2, 0) is 11.3 Å². The number of hydrogen-bond donors (Lipinski definition) is 2. The first kappa shape index (κ1) is 16.3. The van der Waals surface area contributed by atoms with Crippen molar-refractivity contribution in [2.24, 2.45) is 5.10 Å². The van der Waals surface area contributed by atoms with Crippen LogP contribution in [0.15, 0.2) is 14.7 Å². The minimum absolute atomic E-state index is 0.0437. The molecule has 0 atom stereocenters. The summed E-state index contributed by atoms with van der Waals surface area (Å²) < 4.78 is 6.42. The third kappa shape index (κ3) is 3.56. The lowest BCUT2D eigenvalue weighted by atomic mass is 10.2. The number of rotatable bonds is 5. The molecule has 8 nitrogen and oxygen atoms in total. The Labute approximate surface area is 128 Å². The first-order valence-corrected chi connectivity index (χ1v) is 7.49. The second kappa shape index (κ2) is 7.26. The van der Waals surface area contributed by atoms with Gasteiger partial charge in [-0.05, 0) is 13.3 Å². The highest BCUT2D eigenvalue weighted by molar-refractivity contribution is 6.00. The van der Waals surface area contributed by atoms with Crippen LogP contribution in [0.1, 0.15) is 32.3 Å². The van der Waals surface area contributed by atoms with Crippen LogP contribution in [-0.4, -0.2) is 51.7 Å². The maximum Gasteiger partial charge on any atom is 0.331 e. The highest BCUT2D eigenvalue weighted by atomic mass is 16.5. The summed E-state index contributed by atoms with van der Waals surface area (Å²) in [5.41, 5.74) is -0.795. The second-order valence-electron chi connectivity index (χ2n) is 5.21. The molecule has 1 aliphatic rings. The smallest absolute Gasteiger partial charge is 0.331 e. The molecule has 0 unspecified atom stereocenters. The summed E-state index contributed by atoms with van der Waals surface area (Å²) in [4.78, 5) is 26.1. The summed E-state index contributed by atoms with van der Waals surface area (Å²) in [5.74, 6) is -0.322. The van der Waals surface area contributed by atoms with Gasteiger partial charge in [-0.2, -0.15) is 5.10 Å². The molecule has 8 heteroatoms. The third-order valence-electron chi connectivity index (χ3n) is 3.55. The van der Waals surface area contributed by atoms with Gasteiger partial charge in [-0.15, -0.1) is 0 Å². The zero-order chi connectivity index (χ0) is 16.1. The first-order valence-electron chi connectivity index (χ1n) is 7.49. The Balaban J connectivity index is 2.38. The van der Waals surface area contributed by atoms with Gasteiger partial charge >= 0.3 is 5.69 Å². The van der Waals surface area contributed by atoms with Crippen LogP contribution in [0.3, 0.4) is 0 Å². The van der Waals surface area contributed by atoms with Gasteiger partial charge in [0, 0.05) is 6.54 Å². The molecule has 1 aromatic heterocycles. The normalized spacial score (nSPS) is 16.1. The Morgan fingerprint density at radius 2 is 2.05 bits per heavy atom. The zero-order valence-electron chi connectivity index (χ0n) is 13.0. The molecule has 1 saturated heterocycles. The molecule has 2 rings (SSSR count). The highest BCUT2D eigenvalue weighted by Crippen LogP contribution is 2.13. The summed E-state index contributed by atoms with van der Waals surface area (Å²) in [5, 5.41) is 16.4. The van der Waals surface area contributed by atoms with Crippen LogP contribution in [0.4, 0.5) is 0 Å². The fourth-order valence-electron chi connectivity index (χ4n) is 2.33. The molecule has 2 N–H and O–H groups in total. The number of nitrogens with one attached hydrogen (secondary N) is 1. The number of aromatic nitrogens is 2. The Hall–Kier alpha value is -2.09. The molecule has 22 heavy (non-hydrogen) atoms. The number of H-pyrrole nitrogens is 1. The molecule has 1 aliphatic heterocycles. The third-order valence-corrected chi connectivity index (χ3v) is 3.55. The Morgan fingerprint density at radius 3 is 2.68 bits per heavy atom. The highest BCUT2D eigenvalue weighted by Gasteiger charge is 2.18. The van der Waals surface area contributed by atoms with E-state index in [-0.39, 0.29) is 11.4 Å². The van der Waals surface area contributed by atoms with Gasteiger partial charge in [0.05, 0.1) is 32.0 Å².